The number of nitrogens with zero attached hydrogens (tertiary/aromatic N) is 1. The highest BCUT2D eigenvalue weighted by Crippen LogP contribution is 2.37. The highest BCUT2D eigenvalue weighted by atomic mass is 127. The van der Waals surface area contributed by atoms with Crippen LogP contribution in [0.25, 0.3) is 0 Å². The molecule has 1 aliphatic carbocycles. The number of carbonyl (C=O) groups excluding carboxylic acids is 2. The number of nitrogens with one attached hydrogen (secondary N) is 1. The standard InChI is InChI=1S/C27H37IN2O8/c1-3-4-7-24(33)30(15-19-6-5-10-37-19)21-13-18(27(35)29-8-9-31)14-22(25(21)34)38-26-20(28)11-17(16-32)12-23(26)36-2/h4,7,11-12,14,19,21-22,25,31-32,34H,3,5-6,8-10,13,15-16H2,1-2H3,(H,29,35)/b7-4+/t19-,21+,22-,25-/m0/s1. The third-order valence-corrected chi connectivity index (χ3v) is 7.35. The van der Waals surface area contributed by atoms with Gasteiger partial charge < -0.3 is 39.7 Å². The van der Waals surface area contributed by atoms with Crippen LogP contribution in [0.3, 0.4) is 0 Å². The highest BCUT2D eigenvalue weighted by Gasteiger charge is 2.41. The topological polar surface area (TPSA) is 138 Å². The van der Waals surface area contributed by atoms with E-state index in [-0.39, 0.29) is 44.7 Å². The van der Waals surface area contributed by atoms with Gasteiger partial charge in [0.05, 0.1) is 36.0 Å². The van der Waals surface area contributed by atoms with Crippen LogP contribution in [0, 0.1) is 3.57 Å². The molecule has 1 heterocycles. The minimum absolute atomic E-state index is 0.0705. The van der Waals surface area contributed by atoms with E-state index in [1.54, 1.807) is 29.2 Å². The Morgan fingerprint density at radius 2 is 2.11 bits per heavy atom. The minimum Gasteiger partial charge on any atom is -0.493 e. The number of halogens is 1. The molecule has 4 atom stereocenters. The van der Waals surface area contributed by atoms with Crippen molar-refractivity contribution < 1.29 is 39.1 Å². The molecule has 1 aromatic carbocycles. The molecule has 1 saturated heterocycles. The minimum atomic E-state index is -1.16. The number of hydrogen-bond acceptors (Lipinski definition) is 8. The Bertz CT molecular complexity index is 1020. The molecule has 0 radical (unpaired) electrons. The largest absolute Gasteiger partial charge is 0.493 e. The molecule has 0 aromatic heterocycles. The van der Waals surface area contributed by atoms with Gasteiger partial charge >= 0.3 is 0 Å². The third-order valence-electron chi connectivity index (χ3n) is 6.54. The Balaban J connectivity index is 1.99. The SMILES string of the molecule is CC/C=C/C(=O)N(C[C@@H]1CCCO1)[C@@H]1CC(C(=O)NCCO)=C[C@H](Oc2c(I)cc(CO)cc2OC)[C@H]1O. The van der Waals surface area contributed by atoms with Crippen LogP contribution in [0.4, 0.5) is 0 Å². The van der Waals surface area contributed by atoms with Crippen molar-refractivity contribution in [2.45, 2.75) is 63.6 Å². The van der Waals surface area contributed by atoms with E-state index < -0.39 is 24.2 Å². The number of aliphatic hydroxyl groups excluding tert-OH is 3. The predicted molar refractivity (Wildman–Crippen MR) is 149 cm³/mol. The zero-order valence-electron chi connectivity index (χ0n) is 21.8. The van der Waals surface area contributed by atoms with E-state index in [0.717, 1.165) is 12.8 Å². The first-order valence-corrected chi connectivity index (χ1v) is 13.9. The smallest absolute Gasteiger partial charge is 0.247 e. The number of aliphatic hydroxyl groups is 3. The Morgan fingerprint density at radius 1 is 1.32 bits per heavy atom. The average molecular weight is 645 g/mol. The van der Waals surface area contributed by atoms with E-state index >= 15 is 0 Å². The van der Waals surface area contributed by atoms with Crippen molar-refractivity contribution in [1.82, 2.24) is 10.2 Å². The highest BCUT2D eigenvalue weighted by molar-refractivity contribution is 14.1. The van der Waals surface area contributed by atoms with Crippen molar-refractivity contribution in [3.63, 3.8) is 0 Å². The first-order chi connectivity index (χ1) is 18.3. The summed E-state index contributed by atoms with van der Waals surface area (Å²) < 4.78 is 18.2. The quantitative estimate of drug-likeness (QED) is 0.199. The monoisotopic (exact) mass is 644 g/mol. The van der Waals surface area contributed by atoms with Gasteiger partial charge in [0.25, 0.3) is 0 Å². The summed E-state index contributed by atoms with van der Waals surface area (Å²) in [7, 11) is 1.48. The number of rotatable bonds is 12. The first kappa shape index (κ1) is 30.4. The molecule has 0 saturated carbocycles. The number of benzene rings is 1. The lowest BCUT2D eigenvalue weighted by molar-refractivity contribution is -0.135. The Labute approximate surface area is 236 Å². The van der Waals surface area contributed by atoms with Gasteiger partial charge in [-0.15, -0.1) is 0 Å². The summed E-state index contributed by atoms with van der Waals surface area (Å²) in [5, 5.41) is 33.0. The summed E-state index contributed by atoms with van der Waals surface area (Å²) in [5.74, 6) is 0.0365. The van der Waals surface area contributed by atoms with Gasteiger partial charge in [-0.3, -0.25) is 9.59 Å². The molecule has 10 nitrogen and oxygen atoms in total. The Hall–Kier alpha value is -2.19. The molecule has 11 heteroatoms. The maximum absolute atomic E-state index is 13.3. The van der Waals surface area contributed by atoms with E-state index in [2.05, 4.69) is 27.9 Å². The van der Waals surface area contributed by atoms with E-state index in [0.29, 0.717) is 39.2 Å². The fourth-order valence-corrected chi connectivity index (χ4v) is 5.40. The van der Waals surface area contributed by atoms with Crippen molar-refractivity contribution in [3.8, 4) is 11.5 Å². The van der Waals surface area contributed by atoms with E-state index in [1.165, 1.54) is 13.2 Å². The van der Waals surface area contributed by atoms with Crippen molar-refractivity contribution in [1.29, 1.82) is 0 Å². The molecule has 1 fully saturated rings. The number of methoxy groups -OCH3 is 1. The lowest BCUT2D eigenvalue weighted by Crippen LogP contribution is -2.56. The number of hydrogen-bond donors (Lipinski definition) is 4. The van der Waals surface area contributed by atoms with Crippen LogP contribution in [0.15, 0.2) is 35.9 Å². The molecular weight excluding hydrogens is 607 g/mol. The summed E-state index contributed by atoms with van der Waals surface area (Å²) in [6, 6.07) is 2.62. The molecule has 1 aliphatic heterocycles. The second-order valence-corrected chi connectivity index (χ2v) is 10.4. The van der Waals surface area contributed by atoms with Gasteiger partial charge in [0, 0.05) is 31.7 Å². The van der Waals surface area contributed by atoms with Crippen LogP contribution in [-0.4, -0.2) is 89.8 Å². The Morgan fingerprint density at radius 3 is 2.74 bits per heavy atom. The summed E-state index contributed by atoms with van der Waals surface area (Å²) in [4.78, 5) is 27.8. The lowest BCUT2D eigenvalue weighted by atomic mass is 9.87. The van der Waals surface area contributed by atoms with Crippen LogP contribution in [-0.2, 0) is 20.9 Å². The fourth-order valence-electron chi connectivity index (χ4n) is 4.61. The van der Waals surface area contributed by atoms with Crippen molar-refractivity contribution >= 4 is 34.4 Å². The molecule has 3 rings (SSSR count). The Kier molecular flexibility index (Phi) is 11.8. The summed E-state index contributed by atoms with van der Waals surface area (Å²) in [6.07, 6.45) is 4.97. The molecule has 2 aliphatic rings. The molecule has 210 valence electrons. The zero-order chi connectivity index (χ0) is 27.7. The van der Waals surface area contributed by atoms with Crippen molar-refractivity contribution in [2.75, 3.05) is 33.4 Å². The molecule has 38 heavy (non-hydrogen) atoms. The van der Waals surface area contributed by atoms with Gasteiger partial charge in [-0.05, 0) is 71.7 Å². The normalized spacial score (nSPS) is 23.3. The van der Waals surface area contributed by atoms with E-state index in [9.17, 15) is 24.9 Å². The molecule has 0 unspecified atom stereocenters. The van der Waals surface area contributed by atoms with Gasteiger partial charge in [0.15, 0.2) is 11.5 Å². The van der Waals surface area contributed by atoms with Gasteiger partial charge in [-0.2, -0.15) is 0 Å². The third kappa shape index (κ3) is 7.69. The molecule has 0 spiro atoms. The van der Waals surface area contributed by atoms with Crippen molar-refractivity contribution in [3.05, 3.63) is 45.1 Å². The molecule has 2 amide bonds. The summed E-state index contributed by atoms with van der Waals surface area (Å²) in [5.41, 5.74) is 0.973. The van der Waals surface area contributed by atoms with Crippen LogP contribution >= 0.6 is 22.6 Å². The van der Waals surface area contributed by atoms with Crippen molar-refractivity contribution in [2.24, 2.45) is 0 Å². The second kappa shape index (κ2) is 14.8. The van der Waals surface area contributed by atoms with Crippen LogP contribution < -0.4 is 14.8 Å². The van der Waals surface area contributed by atoms with Gasteiger partial charge in [-0.1, -0.05) is 13.0 Å². The maximum atomic E-state index is 13.3. The van der Waals surface area contributed by atoms with Gasteiger partial charge in [0.2, 0.25) is 11.8 Å². The van der Waals surface area contributed by atoms with E-state index in [1.807, 2.05) is 6.92 Å². The van der Waals surface area contributed by atoms with Crippen LogP contribution in [0.2, 0.25) is 0 Å². The zero-order valence-corrected chi connectivity index (χ0v) is 23.9. The average Bonchev–Trinajstić information content (AvgIpc) is 3.44. The maximum Gasteiger partial charge on any atom is 0.247 e. The predicted octanol–water partition coefficient (Wildman–Crippen LogP) is 1.68. The molecular formula is C27H37IN2O8. The number of allylic oxidation sites excluding steroid dienone is 1. The van der Waals surface area contributed by atoms with Crippen LogP contribution in [0.5, 0.6) is 11.5 Å². The van der Waals surface area contributed by atoms with Crippen LogP contribution in [0.1, 0.15) is 38.2 Å². The number of amides is 2. The molecule has 1 aromatic rings. The summed E-state index contributed by atoms with van der Waals surface area (Å²) >= 11 is 2.06. The lowest BCUT2D eigenvalue weighted by Gasteiger charge is -2.41. The van der Waals surface area contributed by atoms with Gasteiger partial charge in [0.1, 0.15) is 12.2 Å². The van der Waals surface area contributed by atoms with Gasteiger partial charge in [-0.25, -0.2) is 0 Å². The number of carbonyl (C=O) groups is 2. The summed E-state index contributed by atoms with van der Waals surface area (Å²) in [6.45, 7) is 2.49. The van der Waals surface area contributed by atoms with E-state index in [4.69, 9.17) is 14.2 Å². The second-order valence-electron chi connectivity index (χ2n) is 9.22. The molecule has 0 bridgehead atoms. The fraction of sp³-hybridized carbons (Fsp3) is 0.556. The number of ether oxygens (including phenoxy) is 3. The first-order valence-electron chi connectivity index (χ1n) is 12.8. The molecule has 4 N–H and O–H groups in total.